The Balaban J connectivity index is 1.55. The Bertz CT molecular complexity index is 1030. The summed E-state index contributed by atoms with van der Waals surface area (Å²) in [4.78, 5) is 21.4. The van der Waals surface area contributed by atoms with E-state index in [1.165, 1.54) is 0 Å². The van der Waals surface area contributed by atoms with Crippen molar-refractivity contribution in [2.45, 2.75) is 26.9 Å². The van der Waals surface area contributed by atoms with Crippen LogP contribution >= 0.6 is 11.3 Å². The number of pyridine rings is 1. The molecule has 160 valence electrons. The van der Waals surface area contributed by atoms with E-state index in [1.807, 2.05) is 37.6 Å². The topological polar surface area (TPSA) is 72.3 Å². The summed E-state index contributed by atoms with van der Waals surface area (Å²) in [5.74, 6) is 0.508. The summed E-state index contributed by atoms with van der Waals surface area (Å²) in [7, 11) is 1.86. The van der Waals surface area contributed by atoms with Crippen molar-refractivity contribution < 1.29 is 9.53 Å². The number of rotatable bonds is 6. The highest BCUT2D eigenvalue weighted by Gasteiger charge is 2.23. The minimum absolute atomic E-state index is 0.00513. The number of morpholine rings is 1. The maximum atomic E-state index is 13.2. The van der Waals surface area contributed by atoms with Crippen molar-refractivity contribution in [2.24, 2.45) is 13.0 Å². The van der Waals surface area contributed by atoms with E-state index in [4.69, 9.17) is 9.72 Å². The van der Waals surface area contributed by atoms with Crippen LogP contribution in [0.2, 0.25) is 0 Å². The second-order valence-electron chi connectivity index (χ2n) is 8.30. The Morgan fingerprint density at radius 2 is 2.27 bits per heavy atom. The molecule has 0 saturated carbocycles. The van der Waals surface area contributed by atoms with Gasteiger partial charge in [-0.15, -0.1) is 11.3 Å². The Morgan fingerprint density at radius 1 is 1.43 bits per heavy atom. The summed E-state index contributed by atoms with van der Waals surface area (Å²) < 4.78 is 7.63. The summed E-state index contributed by atoms with van der Waals surface area (Å²) >= 11 is 1.61. The number of nitrogens with zero attached hydrogens (tertiary/aromatic N) is 4. The minimum Gasteiger partial charge on any atom is -0.374 e. The molecule has 1 unspecified atom stereocenters. The fourth-order valence-corrected chi connectivity index (χ4v) is 4.75. The molecule has 8 heteroatoms. The van der Waals surface area contributed by atoms with Crippen LogP contribution in [0.3, 0.4) is 0 Å². The van der Waals surface area contributed by atoms with Gasteiger partial charge in [-0.2, -0.15) is 5.10 Å². The molecule has 0 aliphatic carbocycles. The first-order valence-electron chi connectivity index (χ1n) is 10.4. The molecule has 0 bridgehead atoms. The lowest BCUT2D eigenvalue weighted by atomic mass is 10.1. The van der Waals surface area contributed by atoms with Crippen molar-refractivity contribution in [3.8, 4) is 10.6 Å². The number of thiophene rings is 1. The van der Waals surface area contributed by atoms with Crippen LogP contribution in [0.4, 0.5) is 0 Å². The molecule has 1 N–H and O–H groups in total. The highest BCUT2D eigenvalue weighted by Crippen LogP contribution is 2.29. The quantitative estimate of drug-likeness (QED) is 0.655. The summed E-state index contributed by atoms with van der Waals surface area (Å²) in [6.45, 7) is 10.4. The summed E-state index contributed by atoms with van der Waals surface area (Å²) in [5.41, 5.74) is 2.94. The van der Waals surface area contributed by atoms with Crippen LogP contribution in [0.25, 0.3) is 21.6 Å². The van der Waals surface area contributed by atoms with Crippen LogP contribution in [-0.2, 0) is 11.8 Å². The maximum Gasteiger partial charge on any atom is 0.252 e. The monoisotopic (exact) mass is 427 g/mol. The molecule has 1 atom stereocenters. The number of aromatic nitrogens is 3. The molecule has 4 rings (SSSR count). The van der Waals surface area contributed by atoms with Gasteiger partial charge in [-0.25, -0.2) is 4.98 Å². The van der Waals surface area contributed by atoms with E-state index in [-0.39, 0.29) is 12.0 Å². The van der Waals surface area contributed by atoms with E-state index in [0.717, 1.165) is 46.9 Å². The van der Waals surface area contributed by atoms with Crippen LogP contribution < -0.4 is 5.32 Å². The molecule has 3 aromatic rings. The van der Waals surface area contributed by atoms with Crippen molar-refractivity contribution >= 4 is 28.3 Å². The van der Waals surface area contributed by atoms with Gasteiger partial charge in [0.05, 0.1) is 39.9 Å². The van der Waals surface area contributed by atoms with E-state index in [1.54, 1.807) is 16.0 Å². The molecule has 1 aliphatic heterocycles. The Labute approximate surface area is 181 Å². The molecule has 1 aliphatic rings. The van der Waals surface area contributed by atoms with Crippen molar-refractivity contribution in [3.63, 3.8) is 0 Å². The van der Waals surface area contributed by atoms with Crippen molar-refractivity contribution in [3.05, 3.63) is 34.8 Å². The number of fused-ring (bicyclic) bond motifs is 1. The number of nitrogens with one attached hydrogen (secondary N) is 1. The van der Waals surface area contributed by atoms with Crippen LogP contribution in [0, 0.1) is 12.8 Å². The van der Waals surface area contributed by atoms with E-state index >= 15 is 0 Å². The molecule has 1 amide bonds. The predicted molar refractivity (Wildman–Crippen MR) is 120 cm³/mol. The zero-order valence-corrected chi connectivity index (χ0v) is 18.8. The standard InChI is InChI=1S/C22H29N5O2S/c1-14(2)12-27-7-8-29-16(13-27)11-23-22(28)17-10-18(19-6-5-9-30-19)24-21-20(17)15(3)25-26(21)4/h5-6,9-10,14,16H,7-8,11-13H2,1-4H3,(H,23,28). The van der Waals surface area contributed by atoms with Gasteiger partial charge in [-0.05, 0) is 30.4 Å². The highest BCUT2D eigenvalue weighted by molar-refractivity contribution is 7.13. The molecule has 3 aromatic heterocycles. The third-order valence-corrected chi connectivity index (χ3v) is 6.22. The Hall–Kier alpha value is -2.29. The molecule has 4 heterocycles. The fourth-order valence-electron chi connectivity index (χ4n) is 4.06. The van der Waals surface area contributed by atoms with Crippen LogP contribution in [0.15, 0.2) is 23.6 Å². The van der Waals surface area contributed by atoms with E-state index in [2.05, 4.69) is 29.2 Å². The first-order valence-corrected chi connectivity index (χ1v) is 11.3. The largest absolute Gasteiger partial charge is 0.374 e. The molecule has 0 aromatic carbocycles. The van der Waals surface area contributed by atoms with Gasteiger partial charge in [0.25, 0.3) is 5.91 Å². The maximum absolute atomic E-state index is 13.2. The van der Waals surface area contributed by atoms with E-state index in [0.29, 0.717) is 24.6 Å². The predicted octanol–water partition coefficient (Wildman–Crippen LogP) is 3.09. The van der Waals surface area contributed by atoms with Crippen molar-refractivity contribution in [1.29, 1.82) is 0 Å². The lowest BCUT2D eigenvalue weighted by Crippen LogP contribution is -2.48. The zero-order valence-electron chi connectivity index (χ0n) is 18.0. The van der Waals surface area contributed by atoms with E-state index in [9.17, 15) is 4.79 Å². The van der Waals surface area contributed by atoms with Crippen LogP contribution in [-0.4, -0.2) is 64.5 Å². The second-order valence-corrected chi connectivity index (χ2v) is 9.24. The van der Waals surface area contributed by atoms with Gasteiger partial charge in [-0.3, -0.25) is 14.4 Å². The summed E-state index contributed by atoms with van der Waals surface area (Å²) in [6.07, 6.45) is 0.00513. The number of hydrogen-bond acceptors (Lipinski definition) is 6. The fraction of sp³-hybridized carbons (Fsp3) is 0.500. The second kappa shape index (κ2) is 8.83. The average Bonchev–Trinajstić information content (AvgIpc) is 3.34. The lowest BCUT2D eigenvalue weighted by Gasteiger charge is -2.34. The number of ether oxygens (including phenoxy) is 1. The lowest BCUT2D eigenvalue weighted by molar-refractivity contribution is -0.0295. The smallest absolute Gasteiger partial charge is 0.252 e. The first-order chi connectivity index (χ1) is 14.4. The zero-order chi connectivity index (χ0) is 21.3. The average molecular weight is 428 g/mol. The third-order valence-electron chi connectivity index (χ3n) is 5.32. The first kappa shape index (κ1) is 21.0. The number of carbonyl (C=O) groups is 1. The number of carbonyl (C=O) groups excluding carboxylic acids is 1. The summed E-state index contributed by atoms with van der Waals surface area (Å²) in [6, 6.07) is 5.89. The molecular formula is C22H29N5O2S. The van der Waals surface area contributed by atoms with Gasteiger partial charge in [0.2, 0.25) is 0 Å². The molecule has 30 heavy (non-hydrogen) atoms. The van der Waals surface area contributed by atoms with Crippen molar-refractivity contribution in [2.75, 3.05) is 32.8 Å². The Kier molecular flexibility index (Phi) is 6.17. The number of aryl methyl sites for hydroxylation is 2. The van der Waals surface area contributed by atoms with Gasteiger partial charge < -0.3 is 10.1 Å². The third kappa shape index (κ3) is 4.40. The van der Waals surface area contributed by atoms with Gasteiger partial charge in [0.15, 0.2) is 5.65 Å². The summed E-state index contributed by atoms with van der Waals surface area (Å²) in [5, 5.41) is 10.4. The molecular weight excluding hydrogens is 398 g/mol. The van der Waals surface area contributed by atoms with Gasteiger partial charge >= 0.3 is 0 Å². The van der Waals surface area contributed by atoms with Crippen molar-refractivity contribution in [1.82, 2.24) is 25.0 Å². The SMILES string of the molecule is Cc1nn(C)c2nc(-c3cccs3)cc(C(=O)NCC3CN(CC(C)C)CCO3)c12. The van der Waals surface area contributed by atoms with Gasteiger partial charge in [0.1, 0.15) is 0 Å². The highest BCUT2D eigenvalue weighted by atomic mass is 32.1. The molecule has 7 nitrogen and oxygen atoms in total. The minimum atomic E-state index is -0.110. The normalized spacial score (nSPS) is 17.7. The Morgan fingerprint density at radius 3 is 3.00 bits per heavy atom. The van der Waals surface area contributed by atoms with Gasteiger partial charge in [-0.1, -0.05) is 19.9 Å². The number of hydrogen-bond donors (Lipinski definition) is 1. The molecule has 1 saturated heterocycles. The van der Waals surface area contributed by atoms with Crippen LogP contribution in [0.1, 0.15) is 29.9 Å². The molecule has 0 spiro atoms. The molecule has 0 radical (unpaired) electrons. The number of amides is 1. The van der Waals surface area contributed by atoms with Gasteiger partial charge in [0, 0.05) is 33.2 Å². The molecule has 1 fully saturated rings. The van der Waals surface area contributed by atoms with Crippen LogP contribution in [0.5, 0.6) is 0 Å². The van der Waals surface area contributed by atoms with E-state index < -0.39 is 0 Å².